The smallest absolute Gasteiger partial charge is 0.307 e. The zero-order valence-electron chi connectivity index (χ0n) is 11.8. The van der Waals surface area contributed by atoms with Crippen molar-refractivity contribution in [1.82, 2.24) is 5.43 Å². The molecular formula is C16H16N2O2S. The summed E-state index contributed by atoms with van der Waals surface area (Å²) in [4.78, 5) is 12.8. The van der Waals surface area contributed by atoms with E-state index in [1.165, 1.54) is 0 Å². The van der Waals surface area contributed by atoms with Gasteiger partial charge in [-0.1, -0.05) is 25.3 Å². The molecule has 21 heavy (non-hydrogen) atoms. The molecule has 0 fully saturated rings. The summed E-state index contributed by atoms with van der Waals surface area (Å²) in [5.41, 5.74) is 2.42. The van der Waals surface area contributed by atoms with Gasteiger partial charge in [0.05, 0.1) is 6.21 Å². The van der Waals surface area contributed by atoms with Crippen molar-refractivity contribution >= 4 is 23.5 Å². The second kappa shape index (κ2) is 8.08. The number of rotatable bonds is 5. The molecular weight excluding hydrogens is 284 g/mol. The van der Waals surface area contributed by atoms with Crippen molar-refractivity contribution in [2.24, 2.45) is 5.10 Å². The molecule has 0 unspecified atom stereocenters. The maximum atomic E-state index is 11.8. The van der Waals surface area contributed by atoms with Gasteiger partial charge >= 0.3 is 5.91 Å². The van der Waals surface area contributed by atoms with Crippen LogP contribution in [0.5, 0.6) is 0 Å². The lowest BCUT2D eigenvalue weighted by Crippen LogP contribution is -2.16. The minimum Gasteiger partial charge on any atom is -0.443 e. The summed E-state index contributed by atoms with van der Waals surface area (Å²) in [7, 11) is 0. The SMILES string of the molecule is CCCCC#Cc1ccc(C(=O)N/N=C/c2cccs2)o1. The third-order valence-corrected chi connectivity index (χ3v) is 3.40. The molecule has 2 heterocycles. The van der Waals surface area contributed by atoms with Crippen LogP contribution in [0.3, 0.4) is 0 Å². The van der Waals surface area contributed by atoms with Crippen molar-refractivity contribution in [3.05, 3.63) is 46.0 Å². The number of hydrazone groups is 1. The van der Waals surface area contributed by atoms with Crippen molar-refractivity contribution in [1.29, 1.82) is 0 Å². The van der Waals surface area contributed by atoms with E-state index in [1.54, 1.807) is 29.7 Å². The van der Waals surface area contributed by atoms with Crippen molar-refractivity contribution < 1.29 is 9.21 Å². The van der Waals surface area contributed by atoms with Gasteiger partial charge in [0.2, 0.25) is 0 Å². The number of furan rings is 1. The van der Waals surface area contributed by atoms with Crippen LogP contribution in [0.25, 0.3) is 0 Å². The lowest BCUT2D eigenvalue weighted by molar-refractivity contribution is 0.0927. The van der Waals surface area contributed by atoms with E-state index >= 15 is 0 Å². The van der Waals surface area contributed by atoms with Gasteiger partial charge in [-0.05, 0) is 35.9 Å². The monoisotopic (exact) mass is 300 g/mol. The van der Waals surface area contributed by atoms with E-state index in [-0.39, 0.29) is 11.7 Å². The topological polar surface area (TPSA) is 54.6 Å². The highest BCUT2D eigenvalue weighted by Gasteiger charge is 2.09. The molecule has 108 valence electrons. The van der Waals surface area contributed by atoms with Crippen molar-refractivity contribution in [3.63, 3.8) is 0 Å². The minimum atomic E-state index is -0.385. The van der Waals surface area contributed by atoms with Crippen molar-refractivity contribution in [3.8, 4) is 11.8 Å². The molecule has 2 aromatic heterocycles. The Hall–Kier alpha value is -2.32. The van der Waals surface area contributed by atoms with E-state index in [0.717, 1.165) is 24.1 Å². The van der Waals surface area contributed by atoms with Gasteiger partial charge in [0.1, 0.15) is 0 Å². The second-order valence-electron chi connectivity index (χ2n) is 4.28. The number of amides is 1. The molecule has 0 radical (unpaired) electrons. The lowest BCUT2D eigenvalue weighted by atomic mass is 10.2. The number of carbonyl (C=O) groups is 1. The first-order valence-corrected chi connectivity index (χ1v) is 7.63. The van der Waals surface area contributed by atoms with Crippen LogP contribution in [0.15, 0.2) is 39.2 Å². The Balaban J connectivity index is 1.88. The highest BCUT2D eigenvalue weighted by Crippen LogP contribution is 2.07. The van der Waals surface area contributed by atoms with Crippen LogP contribution >= 0.6 is 11.3 Å². The Morgan fingerprint density at radius 2 is 2.38 bits per heavy atom. The molecule has 0 atom stereocenters. The predicted molar refractivity (Wildman–Crippen MR) is 84.5 cm³/mol. The van der Waals surface area contributed by atoms with Crippen molar-refractivity contribution in [2.75, 3.05) is 0 Å². The summed E-state index contributed by atoms with van der Waals surface area (Å²) in [6, 6.07) is 7.12. The van der Waals surface area contributed by atoms with Gasteiger partial charge in [0.25, 0.3) is 0 Å². The predicted octanol–water partition coefficient (Wildman–Crippen LogP) is 3.65. The normalized spacial score (nSPS) is 10.3. The number of nitrogens with one attached hydrogen (secondary N) is 1. The van der Waals surface area contributed by atoms with Crippen molar-refractivity contribution in [2.45, 2.75) is 26.2 Å². The highest BCUT2D eigenvalue weighted by atomic mass is 32.1. The Bertz CT molecular complexity index is 660. The van der Waals surface area contributed by atoms with Gasteiger partial charge in [-0.2, -0.15) is 5.10 Å². The van der Waals surface area contributed by atoms with Gasteiger partial charge in [0.15, 0.2) is 11.5 Å². The number of nitrogens with zero attached hydrogens (tertiary/aromatic N) is 1. The Labute approximate surface area is 127 Å². The Kier molecular flexibility index (Phi) is 5.80. The largest absolute Gasteiger partial charge is 0.443 e. The van der Waals surface area contributed by atoms with Crippen LogP contribution in [0.2, 0.25) is 0 Å². The van der Waals surface area contributed by atoms with Crippen LogP contribution in [0.4, 0.5) is 0 Å². The molecule has 5 heteroatoms. The standard InChI is InChI=1S/C16H16N2O2S/c1-2-3-4-5-7-13-9-10-15(20-13)16(19)18-17-12-14-8-6-11-21-14/h6,8-12H,2-4H2,1H3,(H,18,19)/b17-12+. The van der Waals surface area contributed by atoms with E-state index in [1.807, 2.05) is 17.5 Å². The Morgan fingerprint density at radius 3 is 3.14 bits per heavy atom. The fraction of sp³-hybridized carbons (Fsp3) is 0.250. The van der Waals surface area contributed by atoms with E-state index in [0.29, 0.717) is 5.76 Å². The molecule has 4 nitrogen and oxygen atoms in total. The zero-order valence-corrected chi connectivity index (χ0v) is 12.6. The molecule has 2 rings (SSSR count). The fourth-order valence-corrected chi connectivity index (χ4v) is 2.10. The van der Waals surface area contributed by atoms with Gasteiger partial charge in [-0.3, -0.25) is 4.79 Å². The van der Waals surface area contributed by atoms with Crippen LogP contribution in [0.1, 0.15) is 47.4 Å². The molecule has 0 aliphatic carbocycles. The summed E-state index contributed by atoms with van der Waals surface area (Å²) in [5, 5.41) is 5.82. The second-order valence-corrected chi connectivity index (χ2v) is 5.26. The number of hydrogen-bond donors (Lipinski definition) is 1. The molecule has 0 saturated carbocycles. The summed E-state index contributed by atoms with van der Waals surface area (Å²) in [5.74, 6) is 6.23. The average Bonchev–Trinajstić information content (AvgIpc) is 3.15. The summed E-state index contributed by atoms with van der Waals surface area (Å²) >= 11 is 1.55. The molecule has 0 aliphatic rings. The summed E-state index contributed by atoms with van der Waals surface area (Å²) in [6.45, 7) is 2.12. The highest BCUT2D eigenvalue weighted by molar-refractivity contribution is 7.11. The van der Waals surface area contributed by atoms with E-state index in [4.69, 9.17) is 4.42 Å². The first-order valence-electron chi connectivity index (χ1n) is 6.75. The number of carbonyl (C=O) groups excluding carboxylic acids is 1. The van der Waals surface area contributed by atoms with E-state index in [2.05, 4.69) is 29.3 Å². The van der Waals surface area contributed by atoms with Gasteiger partial charge in [0, 0.05) is 11.3 Å². The number of thiophene rings is 1. The Morgan fingerprint density at radius 1 is 1.48 bits per heavy atom. The maximum absolute atomic E-state index is 11.8. The van der Waals surface area contributed by atoms with E-state index < -0.39 is 0 Å². The summed E-state index contributed by atoms with van der Waals surface area (Å²) in [6.07, 6.45) is 4.61. The quantitative estimate of drug-likeness (QED) is 0.396. The fourth-order valence-electron chi connectivity index (χ4n) is 1.52. The van der Waals surface area contributed by atoms with Gasteiger partial charge in [-0.15, -0.1) is 11.3 Å². The maximum Gasteiger partial charge on any atom is 0.307 e. The third kappa shape index (κ3) is 4.93. The van der Waals surface area contributed by atoms with Crippen LogP contribution in [0, 0.1) is 11.8 Å². The molecule has 0 bridgehead atoms. The van der Waals surface area contributed by atoms with Gasteiger partial charge in [-0.25, -0.2) is 5.43 Å². The molecule has 2 aromatic rings. The minimum absolute atomic E-state index is 0.207. The zero-order chi connectivity index (χ0) is 14.9. The third-order valence-electron chi connectivity index (χ3n) is 2.60. The number of unbranched alkanes of at least 4 members (excludes halogenated alkanes) is 2. The molecule has 0 spiro atoms. The molecule has 0 aromatic carbocycles. The first-order chi connectivity index (χ1) is 10.3. The summed E-state index contributed by atoms with van der Waals surface area (Å²) < 4.78 is 5.36. The first kappa shape index (κ1) is 15.1. The number of hydrogen-bond acceptors (Lipinski definition) is 4. The van der Waals surface area contributed by atoms with Crippen LogP contribution in [-0.2, 0) is 0 Å². The van der Waals surface area contributed by atoms with E-state index in [9.17, 15) is 4.79 Å². The molecule has 1 amide bonds. The van der Waals surface area contributed by atoms with Crippen LogP contribution < -0.4 is 5.43 Å². The average molecular weight is 300 g/mol. The molecule has 1 N–H and O–H groups in total. The lowest BCUT2D eigenvalue weighted by Gasteiger charge is -1.94. The molecule has 0 saturated heterocycles. The van der Waals surface area contributed by atoms with Crippen LogP contribution in [-0.4, -0.2) is 12.1 Å². The molecule has 0 aliphatic heterocycles. The van der Waals surface area contributed by atoms with Gasteiger partial charge < -0.3 is 4.42 Å².